The fourth-order valence-electron chi connectivity index (χ4n) is 1.49. The predicted octanol–water partition coefficient (Wildman–Crippen LogP) is 1.78. The van der Waals surface area contributed by atoms with E-state index in [0.717, 1.165) is 0 Å². The van der Waals surface area contributed by atoms with Gasteiger partial charge in [0.05, 0.1) is 11.3 Å². The lowest BCUT2D eigenvalue weighted by atomic mass is 10.2. The number of carboxylic acids is 1. The molecular formula is C12H9BrN4O3. The van der Waals surface area contributed by atoms with E-state index in [4.69, 9.17) is 10.8 Å². The molecule has 2 rings (SSSR count). The molecule has 0 saturated heterocycles. The lowest BCUT2D eigenvalue weighted by Gasteiger charge is -2.10. The Kier molecular flexibility index (Phi) is 3.94. The van der Waals surface area contributed by atoms with E-state index in [-0.39, 0.29) is 17.1 Å². The van der Waals surface area contributed by atoms with E-state index in [1.54, 1.807) is 6.07 Å². The monoisotopic (exact) mass is 336 g/mol. The summed E-state index contributed by atoms with van der Waals surface area (Å²) in [6.45, 7) is 0. The first-order valence-corrected chi connectivity index (χ1v) is 6.19. The largest absolute Gasteiger partial charge is 0.478 e. The highest BCUT2D eigenvalue weighted by molar-refractivity contribution is 9.10. The lowest BCUT2D eigenvalue weighted by molar-refractivity contribution is 0.0696. The van der Waals surface area contributed by atoms with Crippen LogP contribution in [-0.4, -0.2) is 27.0 Å². The molecule has 0 radical (unpaired) electrons. The van der Waals surface area contributed by atoms with E-state index in [0.29, 0.717) is 10.2 Å². The van der Waals surface area contributed by atoms with Crippen LogP contribution in [0.1, 0.15) is 20.8 Å². The summed E-state index contributed by atoms with van der Waals surface area (Å²) in [7, 11) is 0. The van der Waals surface area contributed by atoms with E-state index in [2.05, 4.69) is 31.2 Å². The van der Waals surface area contributed by atoms with Gasteiger partial charge in [-0.05, 0) is 34.1 Å². The Morgan fingerprint density at radius 1 is 1.25 bits per heavy atom. The first kappa shape index (κ1) is 13.9. The summed E-state index contributed by atoms with van der Waals surface area (Å²) < 4.78 is 0.512. The SMILES string of the molecule is NC(=O)c1nccnc1Nc1ccc(C(=O)O)cc1Br. The molecular weight excluding hydrogens is 328 g/mol. The van der Waals surface area contributed by atoms with Crippen molar-refractivity contribution in [3.05, 3.63) is 46.3 Å². The molecule has 8 heteroatoms. The van der Waals surface area contributed by atoms with E-state index in [1.807, 2.05) is 0 Å². The van der Waals surface area contributed by atoms with Crippen LogP contribution in [0.15, 0.2) is 35.1 Å². The number of hydrogen-bond donors (Lipinski definition) is 3. The summed E-state index contributed by atoms with van der Waals surface area (Å²) in [6, 6.07) is 4.41. The standard InChI is InChI=1S/C12H9BrN4O3/c13-7-5-6(12(19)20)1-2-8(7)17-11-9(10(14)18)15-3-4-16-11/h1-5H,(H2,14,18)(H,16,17)(H,19,20). The number of aromatic carboxylic acids is 1. The number of primary amides is 1. The number of amides is 1. The molecule has 0 aliphatic rings. The van der Waals surface area contributed by atoms with Gasteiger partial charge in [-0.2, -0.15) is 0 Å². The average Bonchev–Trinajstić information content (AvgIpc) is 2.41. The minimum absolute atomic E-state index is 0.00158. The number of hydrogen-bond acceptors (Lipinski definition) is 5. The Morgan fingerprint density at radius 2 is 1.95 bits per heavy atom. The third-order valence-electron chi connectivity index (χ3n) is 2.40. The van der Waals surface area contributed by atoms with Crippen molar-refractivity contribution in [2.45, 2.75) is 0 Å². The molecule has 4 N–H and O–H groups in total. The second kappa shape index (κ2) is 5.66. The normalized spacial score (nSPS) is 10.1. The molecule has 1 heterocycles. The zero-order valence-electron chi connectivity index (χ0n) is 10.0. The van der Waals surface area contributed by atoms with Crippen LogP contribution in [0.5, 0.6) is 0 Å². The molecule has 0 fully saturated rings. The quantitative estimate of drug-likeness (QED) is 0.783. The van der Waals surface area contributed by atoms with E-state index in [1.165, 1.54) is 24.5 Å². The molecule has 1 aromatic carbocycles. The van der Waals surface area contributed by atoms with Gasteiger partial charge in [0.15, 0.2) is 11.5 Å². The molecule has 2 aromatic rings. The van der Waals surface area contributed by atoms with Gasteiger partial charge in [0.25, 0.3) is 5.91 Å². The molecule has 1 amide bonds. The Morgan fingerprint density at radius 3 is 2.55 bits per heavy atom. The van der Waals surface area contributed by atoms with Crippen LogP contribution in [0.4, 0.5) is 11.5 Å². The summed E-state index contributed by atoms with van der Waals surface area (Å²) in [5.41, 5.74) is 5.88. The Bertz CT molecular complexity index is 690. The predicted molar refractivity (Wildman–Crippen MR) is 74.9 cm³/mol. The molecule has 20 heavy (non-hydrogen) atoms. The highest BCUT2D eigenvalue weighted by Gasteiger charge is 2.13. The summed E-state index contributed by atoms with van der Waals surface area (Å²) in [5, 5.41) is 11.8. The molecule has 0 bridgehead atoms. The third-order valence-corrected chi connectivity index (χ3v) is 3.06. The highest BCUT2D eigenvalue weighted by Crippen LogP contribution is 2.27. The Labute approximate surface area is 122 Å². The van der Waals surface area contributed by atoms with Crippen molar-refractivity contribution in [3.63, 3.8) is 0 Å². The summed E-state index contributed by atoms with van der Waals surface area (Å²) in [5.74, 6) is -1.54. The number of nitrogens with zero attached hydrogens (tertiary/aromatic N) is 2. The topological polar surface area (TPSA) is 118 Å². The molecule has 7 nitrogen and oxygen atoms in total. The van der Waals surface area contributed by atoms with Gasteiger partial charge < -0.3 is 16.2 Å². The van der Waals surface area contributed by atoms with Gasteiger partial charge in [-0.1, -0.05) is 0 Å². The number of nitrogens with two attached hydrogens (primary N) is 1. The van der Waals surface area contributed by atoms with Gasteiger partial charge in [-0.25, -0.2) is 14.8 Å². The van der Waals surface area contributed by atoms with Crippen LogP contribution in [0.2, 0.25) is 0 Å². The number of carboxylic acid groups (broad SMARTS) is 1. The number of benzene rings is 1. The van der Waals surface area contributed by atoms with E-state index < -0.39 is 11.9 Å². The number of carbonyl (C=O) groups is 2. The third kappa shape index (κ3) is 2.91. The second-order valence-corrected chi connectivity index (χ2v) is 4.60. The summed E-state index contributed by atoms with van der Waals surface area (Å²) in [4.78, 5) is 29.9. The Hall–Kier alpha value is -2.48. The zero-order valence-corrected chi connectivity index (χ0v) is 11.6. The molecule has 0 saturated carbocycles. The maximum Gasteiger partial charge on any atom is 0.335 e. The maximum absolute atomic E-state index is 11.2. The molecule has 102 valence electrons. The minimum Gasteiger partial charge on any atom is -0.478 e. The second-order valence-electron chi connectivity index (χ2n) is 3.74. The first-order chi connectivity index (χ1) is 9.49. The molecule has 1 aromatic heterocycles. The van der Waals surface area contributed by atoms with Crippen molar-refractivity contribution in [3.8, 4) is 0 Å². The number of anilines is 2. The van der Waals surface area contributed by atoms with Gasteiger partial charge >= 0.3 is 5.97 Å². The van der Waals surface area contributed by atoms with Gasteiger partial charge in [0.1, 0.15) is 0 Å². The van der Waals surface area contributed by atoms with Gasteiger partial charge in [0, 0.05) is 16.9 Å². The molecule has 0 atom stereocenters. The zero-order chi connectivity index (χ0) is 14.7. The van der Waals surface area contributed by atoms with Crippen molar-refractivity contribution >= 4 is 39.3 Å². The van der Waals surface area contributed by atoms with Crippen molar-refractivity contribution in [1.82, 2.24) is 9.97 Å². The number of carbonyl (C=O) groups excluding carboxylic acids is 1. The first-order valence-electron chi connectivity index (χ1n) is 5.39. The lowest BCUT2D eigenvalue weighted by Crippen LogP contribution is -2.16. The number of aromatic nitrogens is 2. The van der Waals surface area contributed by atoms with Crippen LogP contribution < -0.4 is 11.1 Å². The van der Waals surface area contributed by atoms with Crippen molar-refractivity contribution < 1.29 is 14.7 Å². The van der Waals surface area contributed by atoms with Crippen LogP contribution >= 0.6 is 15.9 Å². The van der Waals surface area contributed by atoms with Gasteiger partial charge in [-0.3, -0.25) is 4.79 Å². The Balaban J connectivity index is 2.36. The van der Waals surface area contributed by atoms with Crippen molar-refractivity contribution in [1.29, 1.82) is 0 Å². The van der Waals surface area contributed by atoms with E-state index >= 15 is 0 Å². The molecule has 0 aliphatic carbocycles. The minimum atomic E-state index is -1.03. The van der Waals surface area contributed by atoms with Crippen LogP contribution in [0.25, 0.3) is 0 Å². The highest BCUT2D eigenvalue weighted by atomic mass is 79.9. The fourth-order valence-corrected chi connectivity index (χ4v) is 1.96. The van der Waals surface area contributed by atoms with Crippen molar-refractivity contribution in [2.24, 2.45) is 5.73 Å². The van der Waals surface area contributed by atoms with Crippen molar-refractivity contribution in [2.75, 3.05) is 5.32 Å². The van der Waals surface area contributed by atoms with Crippen LogP contribution in [0, 0.1) is 0 Å². The fraction of sp³-hybridized carbons (Fsp3) is 0. The number of rotatable bonds is 4. The van der Waals surface area contributed by atoms with E-state index in [9.17, 15) is 9.59 Å². The number of nitrogens with one attached hydrogen (secondary N) is 1. The average molecular weight is 337 g/mol. The molecule has 0 unspecified atom stereocenters. The maximum atomic E-state index is 11.2. The summed E-state index contributed by atoms with van der Waals surface area (Å²) >= 11 is 3.24. The van der Waals surface area contributed by atoms with Gasteiger partial charge in [-0.15, -0.1) is 0 Å². The summed E-state index contributed by atoms with van der Waals surface area (Å²) in [6.07, 6.45) is 2.77. The van der Waals surface area contributed by atoms with Crippen LogP contribution in [0.3, 0.4) is 0 Å². The van der Waals surface area contributed by atoms with Crippen LogP contribution in [-0.2, 0) is 0 Å². The molecule has 0 spiro atoms. The smallest absolute Gasteiger partial charge is 0.335 e. The number of halogens is 1. The molecule has 0 aliphatic heterocycles. The van der Waals surface area contributed by atoms with Gasteiger partial charge in [0.2, 0.25) is 0 Å².